The van der Waals surface area contributed by atoms with Crippen molar-refractivity contribution in [2.24, 2.45) is 10.9 Å². The van der Waals surface area contributed by atoms with Gasteiger partial charge in [0.25, 0.3) is 0 Å². The molecule has 3 aromatic rings. The van der Waals surface area contributed by atoms with Gasteiger partial charge >= 0.3 is 0 Å². The molecule has 0 saturated carbocycles. The fraction of sp³-hybridized carbons (Fsp3) is 0.321. The summed E-state index contributed by atoms with van der Waals surface area (Å²) < 4.78 is 15.9. The molecule has 37 heavy (non-hydrogen) atoms. The van der Waals surface area contributed by atoms with Crippen molar-refractivity contribution < 1.29 is 34.7 Å². The molecule has 0 bridgehead atoms. The zero-order valence-corrected chi connectivity index (χ0v) is 20.5. The van der Waals surface area contributed by atoms with E-state index in [-0.39, 0.29) is 37.0 Å². The minimum Gasteiger partial charge on any atom is -0.491 e. The van der Waals surface area contributed by atoms with Crippen molar-refractivity contribution in [3.05, 3.63) is 89.5 Å². The van der Waals surface area contributed by atoms with Gasteiger partial charge < -0.3 is 40.5 Å². The van der Waals surface area contributed by atoms with E-state index in [1.54, 1.807) is 18.2 Å². The maximum absolute atomic E-state index is 9.50. The highest BCUT2D eigenvalue weighted by molar-refractivity contribution is 6.06. The Labute approximate surface area is 215 Å². The van der Waals surface area contributed by atoms with Crippen molar-refractivity contribution >= 4 is 5.71 Å². The molecule has 0 radical (unpaired) electrons. The SMILES string of the molecule is CC1c2ccccc2OCC1O.NC1c2ccccc2OCC1O.ON=C1c2ccccc2OCC1O. The van der Waals surface area contributed by atoms with Crippen molar-refractivity contribution in [2.45, 2.75) is 37.2 Å². The summed E-state index contributed by atoms with van der Waals surface area (Å²) in [7, 11) is 0. The molecule has 0 spiro atoms. The van der Waals surface area contributed by atoms with Crippen LogP contribution in [-0.4, -0.2) is 64.4 Å². The first-order valence-corrected chi connectivity index (χ1v) is 12.1. The lowest BCUT2D eigenvalue weighted by Crippen LogP contribution is -2.35. The van der Waals surface area contributed by atoms with Crippen LogP contribution in [0.4, 0.5) is 0 Å². The maximum atomic E-state index is 9.50. The number of fused-ring (bicyclic) bond motifs is 3. The van der Waals surface area contributed by atoms with Crippen LogP contribution in [0.2, 0.25) is 0 Å². The van der Waals surface area contributed by atoms with Gasteiger partial charge in [0.15, 0.2) is 0 Å². The minimum atomic E-state index is -0.847. The number of nitrogens with two attached hydrogens (primary N) is 1. The fourth-order valence-corrected chi connectivity index (χ4v) is 4.24. The summed E-state index contributed by atoms with van der Waals surface area (Å²) in [6.07, 6.45) is -1.79. The van der Waals surface area contributed by atoms with E-state index in [0.717, 1.165) is 22.6 Å². The van der Waals surface area contributed by atoms with E-state index in [9.17, 15) is 15.3 Å². The third-order valence-corrected chi connectivity index (χ3v) is 6.48. The standard InChI is InChI=1S/C10H12O2.C9H9NO3.C9H11NO2/c1-7-8-4-2-3-5-10(8)12-6-9(7)11;11-7-5-13-8-4-2-1-3-6(8)9(7)10-12;10-9-6-3-1-2-4-8(6)12-5-7(9)11/h2-5,7,9,11H,6H2,1H3;1-4,7,11-12H,5H2;1-4,7,9,11H,5,10H2. The number of hydrogen-bond acceptors (Lipinski definition) is 9. The number of ether oxygens (including phenoxy) is 3. The molecule has 5 atom stereocenters. The van der Waals surface area contributed by atoms with Gasteiger partial charge in [-0.05, 0) is 29.8 Å². The van der Waals surface area contributed by atoms with Crippen LogP contribution in [0.1, 0.15) is 35.6 Å². The minimum absolute atomic E-state index is 0.135. The van der Waals surface area contributed by atoms with E-state index in [1.165, 1.54) is 0 Å². The molecule has 6 rings (SSSR count). The van der Waals surface area contributed by atoms with Crippen LogP contribution in [0.3, 0.4) is 0 Å². The number of aliphatic hydroxyl groups excluding tert-OH is 3. The summed E-state index contributed by atoms with van der Waals surface area (Å²) in [4.78, 5) is 0. The highest BCUT2D eigenvalue weighted by Gasteiger charge is 2.26. The molecule has 0 saturated heterocycles. The number of aliphatic hydroxyl groups is 3. The lowest BCUT2D eigenvalue weighted by molar-refractivity contribution is 0.0679. The van der Waals surface area contributed by atoms with Gasteiger partial charge in [0.05, 0.1) is 12.1 Å². The average Bonchev–Trinajstić information content (AvgIpc) is 2.94. The first-order valence-electron chi connectivity index (χ1n) is 12.1. The molecular formula is C28H32N2O7. The second-order valence-corrected chi connectivity index (χ2v) is 8.96. The predicted octanol–water partition coefficient (Wildman–Crippen LogP) is 2.60. The lowest BCUT2D eigenvalue weighted by atomic mass is 9.93. The number of nitrogens with zero attached hydrogens (tertiary/aromatic N) is 1. The highest BCUT2D eigenvalue weighted by atomic mass is 16.5. The van der Waals surface area contributed by atoms with E-state index in [2.05, 4.69) is 5.16 Å². The quantitative estimate of drug-likeness (QED) is 0.230. The lowest BCUT2D eigenvalue weighted by Gasteiger charge is -2.27. The van der Waals surface area contributed by atoms with Crippen LogP contribution in [0.15, 0.2) is 78.0 Å². The molecule has 9 nitrogen and oxygen atoms in total. The van der Waals surface area contributed by atoms with Crippen LogP contribution in [0.25, 0.3) is 0 Å². The van der Waals surface area contributed by atoms with Gasteiger partial charge in [-0.25, -0.2) is 0 Å². The third-order valence-electron chi connectivity index (χ3n) is 6.48. The molecule has 9 heteroatoms. The topological polar surface area (TPSA) is 147 Å². The molecule has 3 aromatic carbocycles. The Hall–Kier alpha value is -3.63. The predicted molar refractivity (Wildman–Crippen MR) is 137 cm³/mol. The highest BCUT2D eigenvalue weighted by Crippen LogP contribution is 2.33. The summed E-state index contributed by atoms with van der Waals surface area (Å²) in [6, 6.07) is 22.2. The van der Waals surface area contributed by atoms with E-state index in [1.807, 2.05) is 61.5 Å². The molecule has 0 amide bonds. The second kappa shape index (κ2) is 12.1. The van der Waals surface area contributed by atoms with E-state index < -0.39 is 12.2 Å². The summed E-state index contributed by atoms with van der Waals surface area (Å²) in [5.74, 6) is 2.53. The Kier molecular flexibility index (Phi) is 8.62. The maximum Gasteiger partial charge on any atom is 0.134 e. The molecule has 0 fully saturated rings. The number of hydrogen-bond donors (Lipinski definition) is 5. The molecule has 3 heterocycles. The molecule has 0 aromatic heterocycles. The van der Waals surface area contributed by atoms with Crippen LogP contribution in [0, 0.1) is 0 Å². The van der Waals surface area contributed by atoms with Gasteiger partial charge in [-0.15, -0.1) is 0 Å². The van der Waals surface area contributed by atoms with Gasteiger partial charge in [-0.2, -0.15) is 0 Å². The first kappa shape index (κ1) is 26.4. The van der Waals surface area contributed by atoms with Crippen molar-refractivity contribution in [2.75, 3.05) is 19.8 Å². The van der Waals surface area contributed by atoms with Gasteiger partial charge in [0.1, 0.15) is 55.0 Å². The monoisotopic (exact) mass is 508 g/mol. The zero-order valence-electron chi connectivity index (χ0n) is 20.5. The van der Waals surface area contributed by atoms with Gasteiger partial charge in [0, 0.05) is 17.0 Å². The Morgan fingerprint density at radius 3 is 1.89 bits per heavy atom. The molecule has 6 N–H and O–H groups in total. The number of rotatable bonds is 0. The Bertz CT molecular complexity index is 1160. The number of para-hydroxylation sites is 3. The van der Waals surface area contributed by atoms with E-state index in [4.69, 9.17) is 25.2 Å². The Morgan fingerprint density at radius 2 is 1.22 bits per heavy atom. The fourth-order valence-electron chi connectivity index (χ4n) is 4.24. The molecule has 3 aliphatic heterocycles. The van der Waals surface area contributed by atoms with Crippen molar-refractivity contribution in [1.82, 2.24) is 0 Å². The Morgan fingerprint density at radius 1 is 0.703 bits per heavy atom. The molecule has 3 aliphatic rings. The normalized spacial score (nSPS) is 26.2. The largest absolute Gasteiger partial charge is 0.491 e. The second-order valence-electron chi connectivity index (χ2n) is 8.96. The average molecular weight is 509 g/mol. The van der Waals surface area contributed by atoms with E-state index in [0.29, 0.717) is 17.9 Å². The molecule has 196 valence electrons. The van der Waals surface area contributed by atoms with Crippen LogP contribution in [0.5, 0.6) is 17.2 Å². The van der Waals surface area contributed by atoms with Crippen molar-refractivity contribution in [3.63, 3.8) is 0 Å². The summed E-state index contributed by atoms with van der Waals surface area (Å²) in [6.45, 7) is 2.86. The summed E-state index contributed by atoms with van der Waals surface area (Å²) >= 11 is 0. The van der Waals surface area contributed by atoms with Gasteiger partial charge in [-0.1, -0.05) is 60.6 Å². The Balaban J connectivity index is 0.000000130. The van der Waals surface area contributed by atoms with Crippen LogP contribution >= 0.6 is 0 Å². The van der Waals surface area contributed by atoms with Crippen molar-refractivity contribution in [1.29, 1.82) is 0 Å². The smallest absolute Gasteiger partial charge is 0.134 e. The molecular weight excluding hydrogens is 476 g/mol. The van der Waals surface area contributed by atoms with Crippen molar-refractivity contribution in [3.8, 4) is 17.2 Å². The molecule has 0 aliphatic carbocycles. The van der Waals surface area contributed by atoms with E-state index >= 15 is 0 Å². The van der Waals surface area contributed by atoms with Crippen LogP contribution in [-0.2, 0) is 0 Å². The number of benzene rings is 3. The van der Waals surface area contributed by atoms with Gasteiger partial charge in [-0.3, -0.25) is 0 Å². The summed E-state index contributed by atoms with van der Waals surface area (Å²) in [5.41, 5.74) is 8.66. The third kappa shape index (κ3) is 6.03. The van der Waals surface area contributed by atoms with Gasteiger partial charge in [0.2, 0.25) is 0 Å². The first-order chi connectivity index (χ1) is 17.9. The number of oxime groups is 1. The summed E-state index contributed by atoms with van der Waals surface area (Å²) in [5, 5.41) is 40.0. The molecule has 5 unspecified atom stereocenters. The zero-order chi connectivity index (χ0) is 26.4. The van der Waals surface area contributed by atoms with Crippen LogP contribution < -0.4 is 19.9 Å².